The molecule has 0 amide bonds. The zero-order valence-electron chi connectivity index (χ0n) is 9.56. The van der Waals surface area contributed by atoms with Gasteiger partial charge in [-0.25, -0.2) is 0 Å². The molecule has 0 N–H and O–H groups in total. The molecule has 0 fully saturated rings. The highest BCUT2D eigenvalue weighted by Gasteiger charge is 2.07. The van der Waals surface area contributed by atoms with E-state index in [1.807, 2.05) is 19.1 Å². The quantitative estimate of drug-likeness (QED) is 0.572. The normalized spacial score (nSPS) is 12.1. The number of hydrogen-bond donors (Lipinski definition) is 0. The van der Waals surface area contributed by atoms with Crippen molar-refractivity contribution < 1.29 is 4.84 Å². The van der Waals surface area contributed by atoms with Crippen LogP contribution in [0.2, 0.25) is 0 Å². The third-order valence-electron chi connectivity index (χ3n) is 2.15. The molecule has 1 aromatic rings. The second-order valence-electron chi connectivity index (χ2n) is 3.12. The van der Waals surface area contributed by atoms with Gasteiger partial charge in [0, 0.05) is 12.6 Å². The summed E-state index contributed by atoms with van der Waals surface area (Å²) in [4.78, 5) is 8.85. The molecule has 0 aliphatic heterocycles. The van der Waals surface area contributed by atoms with Crippen LogP contribution in [0.5, 0.6) is 0 Å². The van der Waals surface area contributed by atoms with E-state index in [4.69, 9.17) is 10.1 Å². The van der Waals surface area contributed by atoms with Crippen molar-refractivity contribution in [3.05, 3.63) is 35.4 Å². The van der Waals surface area contributed by atoms with Crippen LogP contribution in [-0.2, 0) is 4.84 Å². The largest absolute Gasteiger partial charge is 0.399 e. The van der Waals surface area contributed by atoms with Crippen LogP contribution in [0.1, 0.15) is 18.1 Å². The summed E-state index contributed by atoms with van der Waals surface area (Å²) in [7, 11) is 3.19. The molecule has 1 rings (SSSR count). The molecule has 0 heterocycles. The summed E-state index contributed by atoms with van der Waals surface area (Å²) >= 11 is 0. The van der Waals surface area contributed by atoms with Crippen molar-refractivity contribution in [2.24, 2.45) is 10.1 Å². The fraction of sp³-hybridized carbons (Fsp3) is 0.250. The van der Waals surface area contributed by atoms with Crippen LogP contribution in [-0.4, -0.2) is 25.6 Å². The molecule has 0 aliphatic rings. The third-order valence-corrected chi connectivity index (χ3v) is 2.15. The summed E-state index contributed by atoms with van der Waals surface area (Å²) in [5, 5.41) is 12.6. The van der Waals surface area contributed by atoms with E-state index < -0.39 is 0 Å². The van der Waals surface area contributed by atoms with E-state index in [0.717, 1.165) is 11.3 Å². The predicted octanol–water partition coefficient (Wildman–Crippen LogP) is 2.00. The van der Waals surface area contributed by atoms with Gasteiger partial charge in [0.15, 0.2) is 0 Å². The molecule has 0 unspecified atom stereocenters. The van der Waals surface area contributed by atoms with E-state index in [1.54, 1.807) is 19.2 Å². The van der Waals surface area contributed by atoms with Crippen molar-refractivity contribution in [3.8, 4) is 6.07 Å². The molecule has 4 nitrogen and oxygen atoms in total. The Balaban J connectivity index is 3.13. The lowest BCUT2D eigenvalue weighted by atomic mass is 10.1. The number of aliphatic imine (C=N–C) groups is 1. The molecular formula is C12H13N3O. The van der Waals surface area contributed by atoms with Gasteiger partial charge in [-0.3, -0.25) is 4.99 Å². The zero-order chi connectivity index (χ0) is 12.0. The molecule has 0 atom stereocenters. The number of oxime groups is 1. The zero-order valence-corrected chi connectivity index (χ0v) is 9.56. The molecule has 1 aromatic carbocycles. The molecule has 4 heteroatoms. The first-order valence-electron chi connectivity index (χ1n) is 4.78. The van der Waals surface area contributed by atoms with Gasteiger partial charge in [-0.05, 0) is 19.1 Å². The van der Waals surface area contributed by atoms with Crippen LogP contribution in [0.3, 0.4) is 0 Å². The minimum absolute atomic E-state index is 0.617. The average molecular weight is 215 g/mol. The van der Waals surface area contributed by atoms with Gasteiger partial charge in [0.05, 0.1) is 17.3 Å². The van der Waals surface area contributed by atoms with Crippen LogP contribution in [0, 0.1) is 11.3 Å². The van der Waals surface area contributed by atoms with E-state index in [2.05, 4.69) is 16.2 Å². The van der Waals surface area contributed by atoms with Crippen molar-refractivity contribution in [2.45, 2.75) is 6.92 Å². The molecule has 0 aliphatic carbocycles. The lowest BCUT2D eigenvalue weighted by Crippen LogP contribution is -2.12. The SMILES string of the molecule is CN=C(C)/C(=N\OC)c1ccc(C#N)cc1. The molecule has 0 saturated carbocycles. The second-order valence-corrected chi connectivity index (χ2v) is 3.12. The van der Waals surface area contributed by atoms with E-state index >= 15 is 0 Å². The molecule has 0 saturated heterocycles. The van der Waals surface area contributed by atoms with Gasteiger partial charge < -0.3 is 4.84 Å². The lowest BCUT2D eigenvalue weighted by molar-refractivity contribution is 0.214. The first-order valence-corrected chi connectivity index (χ1v) is 4.78. The second kappa shape index (κ2) is 5.66. The number of hydrogen-bond acceptors (Lipinski definition) is 4. The van der Waals surface area contributed by atoms with Gasteiger partial charge in [-0.1, -0.05) is 17.3 Å². The summed E-state index contributed by atoms with van der Waals surface area (Å²) in [6.07, 6.45) is 0. The number of nitrogens with zero attached hydrogens (tertiary/aromatic N) is 3. The van der Waals surface area contributed by atoms with Gasteiger partial charge in [0.25, 0.3) is 0 Å². The van der Waals surface area contributed by atoms with Crippen molar-refractivity contribution in [1.82, 2.24) is 0 Å². The summed E-state index contributed by atoms with van der Waals surface area (Å²) in [5.41, 5.74) is 2.96. The van der Waals surface area contributed by atoms with Gasteiger partial charge in [-0.15, -0.1) is 0 Å². The molecule has 16 heavy (non-hydrogen) atoms. The van der Waals surface area contributed by atoms with E-state index in [9.17, 15) is 0 Å². The Morgan fingerprint density at radius 3 is 2.38 bits per heavy atom. The monoisotopic (exact) mass is 215 g/mol. The Kier molecular flexibility index (Phi) is 4.22. The van der Waals surface area contributed by atoms with Crippen LogP contribution in [0.25, 0.3) is 0 Å². The van der Waals surface area contributed by atoms with Gasteiger partial charge in [0.2, 0.25) is 0 Å². The van der Waals surface area contributed by atoms with Crippen LogP contribution >= 0.6 is 0 Å². The molecule has 0 aromatic heterocycles. The number of rotatable bonds is 3. The summed E-state index contributed by atoms with van der Waals surface area (Å²) < 4.78 is 0. The predicted molar refractivity (Wildman–Crippen MR) is 63.7 cm³/mol. The van der Waals surface area contributed by atoms with Crippen LogP contribution < -0.4 is 0 Å². The smallest absolute Gasteiger partial charge is 0.130 e. The highest BCUT2D eigenvalue weighted by atomic mass is 16.6. The van der Waals surface area contributed by atoms with Crippen molar-refractivity contribution in [1.29, 1.82) is 5.26 Å². The lowest BCUT2D eigenvalue weighted by Gasteiger charge is -2.04. The molecule has 0 spiro atoms. The molecule has 82 valence electrons. The maximum atomic E-state index is 8.70. The fourth-order valence-corrected chi connectivity index (χ4v) is 1.23. The highest BCUT2D eigenvalue weighted by Crippen LogP contribution is 2.06. The Labute approximate surface area is 94.9 Å². The Morgan fingerprint density at radius 2 is 1.94 bits per heavy atom. The Hall–Kier alpha value is -2.15. The van der Waals surface area contributed by atoms with Crippen LogP contribution in [0.4, 0.5) is 0 Å². The standard InChI is InChI=1S/C12H13N3O/c1-9(14-2)12(15-16-3)11-6-4-10(8-13)5-7-11/h4-7H,1-3H3/b14-9?,15-12+. The average Bonchev–Trinajstić information content (AvgIpc) is 2.35. The van der Waals surface area contributed by atoms with E-state index in [0.29, 0.717) is 11.3 Å². The minimum atomic E-state index is 0.617. The van der Waals surface area contributed by atoms with Crippen LogP contribution in [0.15, 0.2) is 34.4 Å². The van der Waals surface area contributed by atoms with Crippen molar-refractivity contribution in [2.75, 3.05) is 14.2 Å². The maximum absolute atomic E-state index is 8.70. The van der Waals surface area contributed by atoms with Gasteiger partial charge >= 0.3 is 0 Å². The Bertz CT molecular complexity index is 452. The number of nitriles is 1. The van der Waals surface area contributed by atoms with Gasteiger partial charge in [-0.2, -0.15) is 5.26 Å². The Morgan fingerprint density at radius 1 is 1.31 bits per heavy atom. The summed E-state index contributed by atoms with van der Waals surface area (Å²) in [6, 6.07) is 9.20. The molecular weight excluding hydrogens is 202 g/mol. The fourth-order valence-electron chi connectivity index (χ4n) is 1.23. The van der Waals surface area contributed by atoms with E-state index in [-0.39, 0.29) is 0 Å². The highest BCUT2D eigenvalue weighted by molar-refractivity contribution is 6.47. The third kappa shape index (κ3) is 2.67. The first kappa shape index (κ1) is 11.9. The van der Waals surface area contributed by atoms with Crippen molar-refractivity contribution in [3.63, 3.8) is 0 Å². The first-order chi connectivity index (χ1) is 7.72. The van der Waals surface area contributed by atoms with Crippen molar-refractivity contribution >= 4 is 11.4 Å². The maximum Gasteiger partial charge on any atom is 0.130 e. The van der Waals surface area contributed by atoms with Gasteiger partial charge in [0.1, 0.15) is 12.8 Å². The molecule has 0 radical (unpaired) electrons. The topological polar surface area (TPSA) is 57.7 Å². The number of benzene rings is 1. The van der Waals surface area contributed by atoms with E-state index in [1.165, 1.54) is 7.11 Å². The summed E-state index contributed by atoms with van der Waals surface area (Å²) in [6.45, 7) is 1.86. The summed E-state index contributed by atoms with van der Waals surface area (Å²) in [5.74, 6) is 0. The molecule has 0 bridgehead atoms. The minimum Gasteiger partial charge on any atom is -0.399 e.